The molecule has 0 radical (unpaired) electrons. The van der Waals surface area contributed by atoms with Gasteiger partial charge in [0.1, 0.15) is 12.4 Å². The summed E-state index contributed by atoms with van der Waals surface area (Å²) in [6, 6.07) is 6.06. The highest BCUT2D eigenvalue weighted by molar-refractivity contribution is 5.76. The van der Waals surface area contributed by atoms with Crippen molar-refractivity contribution in [3.05, 3.63) is 29.3 Å². The SMILES string of the molecule is COc1ccc(CCNC(=O)CO)cc1C(C)C. The molecule has 0 fully saturated rings. The first-order chi connectivity index (χ1) is 8.58. The summed E-state index contributed by atoms with van der Waals surface area (Å²) in [7, 11) is 1.67. The van der Waals surface area contributed by atoms with E-state index in [1.165, 1.54) is 5.56 Å². The molecule has 0 saturated heterocycles. The second kappa shape index (κ2) is 7.01. The summed E-state index contributed by atoms with van der Waals surface area (Å²) in [5, 5.41) is 11.2. The predicted octanol–water partition coefficient (Wildman–Crippen LogP) is 1.47. The smallest absolute Gasteiger partial charge is 0.245 e. The maximum Gasteiger partial charge on any atom is 0.245 e. The van der Waals surface area contributed by atoms with Gasteiger partial charge in [0, 0.05) is 6.54 Å². The maximum atomic E-state index is 10.9. The third kappa shape index (κ3) is 4.04. The number of carbonyl (C=O) groups excluding carboxylic acids is 1. The number of methoxy groups -OCH3 is 1. The lowest BCUT2D eigenvalue weighted by Crippen LogP contribution is -2.28. The molecular formula is C14H21NO3. The normalized spacial score (nSPS) is 10.5. The van der Waals surface area contributed by atoms with Gasteiger partial charge in [0.05, 0.1) is 7.11 Å². The Morgan fingerprint density at radius 1 is 1.44 bits per heavy atom. The number of amides is 1. The Bertz CT molecular complexity index is 402. The number of aliphatic hydroxyl groups is 1. The van der Waals surface area contributed by atoms with Gasteiger partial charge in [-0.15, -0.1) is 0 Å². The van der Waals surface area contributed by atoms with E-state index in [1.807, 2.05) is 12.1 Å². The van der Waals surface area contributed by atoms with Gasteiger partial charge in [0.2, 0.25) is 5.91 Å². The zero-order chi connectivity index (χ0) is 13.5. The zero-order valence-electron chi connectivity index (χ0n) is 11.2. The Labute approximate surface area is 108 Å². The van der Waals surface area contributed by atoms with Crippen molar-refractivity contribution in [1.82, 2.24) is 5.32 Å². The fourth-order valence-electron chi connectivity index (χ4n) is 1.79. The number of hydrogen-bond donors (Lipinski definition) is 2. The van der Waals surface area contributed by atoms with Gasteiger partial charge < -0.3 is 15.2 Å². The lowest BCUT2D eigenvalue weighted by Gasteiger charge is -2.13. The van der Waals surface area contributed by atoms with E-state index < -0.39 is 6.61 Å². The van der Waals surface area contributed by atoms with Crippen molar-refractivity contribution in [2.75, 3.05) is 20.3 Å². The fraction of sp³-hybridized carbons (Fsp3) is 0.500. The molecule has 0 spiro atoms. The Morgan fingerprint density at radius 3 is 2.72 bits per heavy atom. The van der Waals surface area contributed by atoms with Crippen LogP contribution in [0.2, 0.25) is 0 Å². The van der Waals surface area contributed by atoms with Crippen LogP contribution in [0.5, 0.6) is 5.75 Å². The molecule has 0 aliphatic carbocycles. The number of nitrogens with one attached hydrogen (secondary N) is 1. The fourth-order valence-corrected chi connectivity index (χ4v) is 1.79. The molecule has 1 rings (SSSR count). The Hall–Kier alpha value is -1.55. The average Bonchev–Trinajstić information content (AvgIpc) is 2.38. The van der Waals surface area contributed by atoms with Crippen molar-refractivity contribution < 1.29 is 14.6 Å². The number of benzene rings is 1. The zero-order valence-corrected chi connectivity index (χ0v) is 11.2. The van der Waals surface area contributed by atoms with Gasteiger partial charge in [-0.3, -0.25) is 4.79 Å². The van der Waals surface area contributed by atoms with E-state index in [2.05, 4.69) is 25.2 Å². The molecule has 0 aliphatic heterocycles. The minimum atomic E-state index is -0.458. The van der Waals surface area contributed by atoms with E-state index in [0.29, 0.717) is 12.5 Å². The Kier molecular flexibility index (Phi) is 5.65. The molecule has 0 unspecified atom stereocenters. The van der Waals surface area contributed by atoms with Crippen LogP contribution in [-0.2, 0) is 11.2 Å². The molecule has 100 valence electrons. The number of aliphatic hydroxyl groups excluding tert-OH is 1. The molecule has 1 amide bonds. The molecule has 0 aliphatic rings. The van der Waals surface area contributed by atoms with Crippen LogP contribution >= 0.6 is 0 Å². The van der Waals surface area contributed by atoms with Crippen LogP contribution < -0.4 is 10.1 Å². The van der Waals surface area contributed by atoms with E-state index in [-0.39, 0.29) is 5.91 Å². The highest BCUT2D eigenvalue weighted by Crippen LogP contribution is 2.27. The van der Waals surface area contributed by atoms with Gasteiger partial charge in [0.15, 0.2) is 0 Å². The van der Waals surface area contributed by atoms with Crippen molar-refractivity contribution in [3.63, 3.8) is 0 Å². The van der Waals surface area contributed by atoms with Crippen molar-refractivity contribution in [3.8, 4) is 5.75 Å². The third-order valence-corrected chi connectivity index (χ3v) is 2.80. The Morgan fingerprint density at radius 2 is 2.17 bits per heavy atom. The van der Waals surface area contributed by atoms with Crippen molar-refractivity contribution >= 4 is 5.91 Å². The summed E-state index contributed by atoms with van der Waals surface area (Å²) in [4.78, 5) is 10.9. The summed E-state index contributed by atoms with van der Waals surface area (Å²) in [5.41, 5.74) is 2.32. The third-order valence-electron chi connectivity index (χ3n) is 2.80. The standard InChI is InChI=1S/C14H21NO3/c1-10(2)12-8-11(4-5-13(12)18-3)6-7-15-14(17)9-16/h4-5,8,10,16H,6-7,9H2,1-3H3,(H,15,17). The van der Waals surface area contributed by atoms with E-state index in [1.54, 1.807) is 7.11 Å². The van der Waals surface area contributed by atoms with Gasteiger partial charge in [-0.1, -0.05) is 26.0 Å². The van der Waals surface area contributed by atoms with E-state index in [9.17, 15) is 4.79 Å². The highest BCUT2D eigenvalue weighted by Gasteiger charge is 2.08. The first-order valence-corrected chi connectivity index (χ1v) is 6.12. The van der Waals surface area contributed by atoms with Gasteiger partial charge in [-0.2, -0.15) is 0 Å². The lowest BCUT2D eigenvalue weighted by molar-refractivity contribution is -0.123. The van der Waals surface area contributed by atoms with Gasteiger partial charge in [0.25, 0.3) is 0 Å². The number of ether oxygens (including phenoxy) is 1. The van der Waals surface area contributed by atoms with Crippen molar-refractivity contribution in [1.29, 1.82) is 0 Å². The number of hydrogen-bond acceptors (Lipinski definition) is 3. The molecule has 0 bridgehead atoms. The monoisotopic (exact) mass is 251 g/mol. The van der Waals surface area contributed by atoms with Crippen molar-refractivity contribution in [2.45, 2.75) is 26.2 Å². The molecule has 18 heavy (non-hydrogen) atoms. The molecule has 1 aromatic rings. The second-order valence-corrected chi connectivity index (χ2v) is 4.49. The van der Waals surface area contributed by atoms with Crippen molar-refractivity contribution in [2.24, 2.45) is 0 Å². The molecule has 4 nitrogen and oxygen atoms in total. The first-order valence-electron chi connectivity index (χ1n) is 6.12. The highest BCUT2D eigenvalue weighted by atomic mass is 16.5. The van der Waals surface area contributed by atoms with E-state index in [4.69, 9.17) is 9.84 Å². The van der Waals surface area contributed by atoms with Gasteiger partial charge >= 0.3 is 0 Å². The molecule has 0 saturated carbocycles. The van der Waals surface area contributed by atoms with Crippen LogP contribution in [0.15, 0.2) is 18.2 Å². The maximum absolute atomic E-state index is 10.9. The van der Waals surface area contributed by atoms with Crippen LogP contribution in [0.3, 0.4) is 0 Å². The summed E-state index contributed by atoms with van der Waals surface area (Å²) in [6.07, 6.45) is 0.745. The Balaban J connectivity index is 2.67. The minimum Gasteiger partial charge on any atom is -0.496 e. The lowest BCUT2D eigenvalue weighted by atomic mass is 9.98. The molecule has 0 heterocycles. The van der Waals surface area contributed by atoms with Crippen LogP contribution in [0.1, 0.15) is 30.9 Å². The quantitative estimate of drug-likeness (QED) is 0.805. The predicted molar refractivity (Wildman–Crippen MR) is 70.9 cm³/mol. The van der Waals surface area contributed by atoms with Crippen LogP contribution in [-0.4, -0.2) is 31.3 Å². The van der Waals surface area contributed by atoms with Gasteiger partial charge in [-0.05, 0) is 29.5 Å². The molecule has 4 heteroatoms. The second-order valence-electron chi connectivity index (χ2n) is 4.49. The van der Waals surface area contributed by atoms with Crippen LogP contribution in [0.25, 0.3) is 0 Å². The van der Waals surface area contributed by atoms with Crippen LogP contribution in [0, 0.1) is 0 Å². The largest absolute Gasteiger partial charge is 0.496 e. The minimum absolute atomic E-state index is 0.340. The molecule has 0 aromatic heterocycles. The topological polar surface area (TPSA) is 58.6 Å². The average molecular weight is 251 g/mol. The first kappa shape index (κ1) is 14.5. The van der Waals surface area contributed by atoms with Gasteiger partial charge in [-0.25, -0.2) is 0 Å². The summed E-state index contributed by atoms with van der Waals surface area (Å²) >= 11 is 0. The number of carbonyl (C=O) groups is 1. The number of rotatable bonds is 6. The van der Waals surface area contributed by atoms with E-state index >= 15 is 0 Å². The summed E-state index contributed by atoms with van der Waals surface area (Å²) in [6.45, 7) is 4.31. The molecule has 0 atom stereocenters. The summed E-state index contributed by atoms with van der Waals surface area (Å²) < 4.78 is 5.32. The molecule has 2 N–H and O–H groups in total. The molecule has 1 aromatic carbocycles. The van der Waals surface area contributed by atoms with Crippen LogP contribution in [0.4, 0.5) is 0 Å². The summed E-state index contributed by atoms with van der Waals surface area (Å²) in [5.74, 6) is 0.952. The molecular weight excluding hydrogens is 230 g/mol. The van der Waals surface area contributed by atoms with E-state index in [0.717, 1.165) is 17.7 Å².